The van der Waals surface area contributed by atoms with Crippen molar-refractivity contribution in [2.45, 2.75) is 33.5 Å². The molecule has 18 heavy (non-hydrogen) atoms. The highest BCUT2D eigenvalue weighted by Gasteiger charge is 2.38. The van der Waals surface area contributed by atoms with Gasteiger partial charge in [-0.05, 0) is 19.3 Å². The van der Waals surface area contributed by atoms with Crippen LogP contribution in [0.5, 0.6) is 0 Å². The van der Waals surface area contributed by atoms with Crippen LogP contribution in [0.2, 0.25) is 19.6 Å². The van der Waals surface area contributed by atoms with Gasteiger partial charge in [-0.3, -0.25) is 4.57 Å². The molecule has 0 rings (SSSR count). The van der Waals surface area contributed by atoms with Gasteiger partial charge in [-0.25, -0.2) is 0 Å². The van der Waals surface area contributed by atoms with Crippen LogP contribution >= 0.6 is 19.4 Å². The fourth-order valence-corrected chi connectivity index (χ4v) is 8.86. The van der Waals surface area contributed by atoms with Crippen LogP contribution in [0.4, 0.5) is 0 Å². The molecule has 0 unspecified atom stereocenters. The first kappa shape index (κ1) is 18.2. The minimum absolute atomic E-state index is 0.394. The van der Waals surface area contributed by atoms with Crippen LogP contribution in [0.15, 0.2) is 23.0 Å². The summed E-state index contributed by atoms with van der Waals surface area (Å²) in [5, 5.41) is 1.96. The topological polar surface area (TPSA) is 35.5 Å². The summed E-state index contributed by atoms with van der Waals surface area (Å²) in [5.41, 5.74) is 0. The first-order valence-electron chi connectivity index (χ1n) is 6.14. The predicted molar refractivity (Wildman–Crippen MR) is 84.9 cm³/mol. The predicted octanol–water partition coefficient (Wildman–Crippen LogP) is 4.89. The molecule has 0 amide bonds. The highest BCUT2D eigenvalue weighted by Crippen LogP contribution is 2.59. The van der Waals surface area contributed by atoms with E-state index in [1.54, 1.807) is 11.8 Å². The second-order valence-electron chi connectivity index (χ2n) is 4.71. The Bertz CT molecular complexity index is 327. The van der Waals surface area contributed by atoms with Gasteiger partial charge in [0.1, 0.15) is 0 Å². The molecule has 0 fully saturated rings. The molecule has 0 saturated carbocycles. The van der Waals surface area contributed by atoms with Gasteiger partial charge in [0.25, 0.3) is 0 Å². The van der Waals surface area contributed by atoms with Gasteiger partial charge >= 0.3 is 7.60 Å². The lowest BCUT2D eigenvalue weighted by atomic mass is 10.8. The average Bonchev–Trinajstić information content (AvgIpc) is 2.23. The summed E-state index contributed by atoms with van der Waals surface area (Å²) in [5.74, 6) is 0.798. The Morgan fingerprint density at radius 3 is 2.11 bits per heavy atom. The van der Waals surface area contributed by atoms with Crippen molar-refractivity contribution in [3.05, 3.63) is 23.0 Å². The van der Waals surface area contributed by atoms with Crippen LogP contribution in [0.25, 0.3) is 0 Å². The number of rotatable bonds is 9. The molecule has 0 N–H and O–H groups in total. The number of thioether (sulfide) groups is 1. The Kier molecular flexibility index (Phi) is 8.48. The van der Waals surface area contributed by atoms with Crippen LogP contribution < -0.4 is 0 Å². The summed E-state index contributed by atoms with van der Waals surface area (Å²) < 4.78 is 23.7. The first-order chi connectivity index (χ1) is 8.31. The lowest BCUT2D eigenvalue weighted by Gasteiger charge is -2.27. The lowest BCUT2D eigenvalue weighted by molar-refractivity contribution is 0.227. The van der Waals surface area contributed by atoms with Crippen LogP contribution in [0, 0.1) is 0 Å². The molecule has 0 heterocycles. The van der Waals surface area contributed by atoms with Crippen molar-refractivity contribution >= 4 is 27.4 Å². The number of hydrogen-bond donors (Lipinski definition) is 0. The van der Waals surface area contributed by atoms with E-state index in [-0.39, 0.29) is 0 Å². The smallest absolute Gasteiger partial charge is 0.306 e. The van der Waals surface area contributed by atoms with Crippen LogP contribution in [0.1, 0.15) is 13.8 Å². The molecule has 0 aliphatic heterocycles. The van der Waals surface area contributed by atoms with Gasteiger partial charge in [-0.1, -0.05) is 25.7 Å². The van der Waals surface area contributed by atoms with E-state index in [9.17, 15) is 4.57 Å². The van der Waals surface area contributed by atoms with Gasteiger partial charge in [0.05, 0.1) is 21.3 Å². The Balaban J connectivity index is 5.30. The second-order valence-corrected chi connectivity index (χ2v) is 13.1. The fraction of sp³-hybridized carbons (Fsp3) is 0.667. The molecular formula is C12H25O3PSSi. The molecule has 3 nitrogen and oxygen atoms in total. The van der Waals surface area contributed by atoms with Crippen molar-refractivity contribution in [1.29, 1.82) is 0 Å². The monoisotopic (exact) mass is 308 g/mol. The molecule has 0 saturated heterocycles. The van der Waals surface area contributed by atoms with Crippen LogP contribution in [0.3, 0.4) is 0 Å². The Labute approximate surface area is 117 Å². The molecule has 0 spiro atoms. The lowest BCUT2D eigenvalue weighted by Crippen LogP contribution is -2.25. The molecule has 0 aliphatic rings. The Morgan fingerprint density at radius 1 is 1.28 bits per heavy atom. The molecule has 0 aliphatic carbocycles. The van der Waals surface area contributed by atoms with E-state index in [1.807, 2.05) is 25.3 Å². The van der Waals surface area contributed by atoms with E-state index < -0.39 is 15.7 Å². The SMILES string of the molecule is C=CCS/C=C(/[Si](C)(C)C)P(=O)(OCC)OCC. The highest BCUT2D eigenvalue weighted by atomic mass is 32.2. The molecule has 0 radical (unpaired) electrons. The van der Waals surface area contributed by atoms with E-state index in [1.165, 1.54) is 0 Å². The fourth-order valence-electron chi connectivity index (χ4n) is 1.36. The van der Waals surface area contributed by atoms with Gasteiger partial charge in [0.15, 0.2) is 0 Å². The summed E-state index contributed by atoms with van der Waals surface area (Å²) in [6.45, 7) is 14.6. The van der Waals surface area contributed by atoms with Crippen molar-refractivity contribution in [1.82, 2.24) is 0 Å². The van der Waals surface area contributed by atoms with E-state index in [4.69, 9.17) is 9.05 Å². The quantitative estimate of drug-likeness (QED) is 0.263. The maximum atomic E-state index is 12.8. The third kappa shape index (κ3) is 5.89. The molecule has 0 aromatic heterocycles. The van der Waals surface area contributed by atoms with Crippen molar-refractivity contribution in [3.63, 3.8) is 0 Å². The molecule has 0 bridgehead atoms. The molecule has 6 heteroatoms. The van der Waals surface area contributed by atoms with E-state index in [0.717, 1.165) is 10.7 Å². The molecular weight excluding hydrogens is 283 g/mol. The maximum absolute atomic E-state index is 12.8. The van der Waals surface area contributed by atoms with Gasteiger partial charge in [-0.15, -0.1) is 18.3 Å². The highest BCUT2D eigenvalue weighted by molar-refractivity contribution is 8.02. The maximum Gasteiger partial charge on any atom is 0.353 e. The van der Waals surface area contributed by atoms with Gasteiger partial charge in [0.2, 0.25) is 0 Å². The van der Waals surface area contributed by atoms with Crippen molar-refractivity contribution in [3.8, 4) is 0 Å². The summed E-state index contributed by atoms with van der Waals surface area (Å²) in [7, 11) is -4.88. The summed E-state index contributed by atoms with van der Waals surface area (Å²) in [6.07, 6.45) is 1.83. The van der Waals surface area contributed by atoms with Crippen molar-refractivity contribution in [2.75, 3.05) is 19.0 Å². The average molecular weight is 308 g/mol. The van der Waals surface area contributed by atoms with E-state index in [0.29, 0.717) is 13.2 Å². The molecule has 0 aromatic rings. The minimum atomic E-state index is -3.12. The largest absolute Gasteiger partial charge is 0.353 e. The molecule has 0 atom stereocenters. The molecule has 0 aromatic carbocycles. The zero-order valence-electron chi connectivity index (χ0n) is 12.1. The van der Waals surface area contributed by atoms with Crippen molar-refractivity contribution in [2.24, 2.45) is 0 Å². The summed E-state index contributed by atoms with van der Waals surface area (Å²) in [4.78, 5) is 0.866. The van der Waals surface area contributed by atoms with E-state index >= 15 is 0 Å². The van der Waals surface area contributed by atoms with Gasteiger partial charge < -0.3 is 9.05 Å². The first-order valence-corrected chi connectivity index (χ1v) is 12.2. The second kappa shape index (κ2) is 8.38. The number of hydrogen-bond acceptors (Lipinski definition) is 4. The Hall–Kier alpha value is 0.197. The third-order valence-corrected chi connectivity index (χ3v) is 9.72. The summed E-state index contributed by atoms with van der Waals surface area (Å²) >= 11 is 1.59. The third-order valence-electron chi connectivity index (χ3n) is 2.07. The van der Waals surface area contributed by atoms with Crippen LogP contribution in [-0.4, -0.2) is 27.0 Å². The molecule has 106 valence electrons. The Morgan fingerprint density at radius 2 is 1.78 bits per heavy atom. The van der Waals surface area contributed by atoms with Crippen molar-refractivity contribution < 1.29 is 13.6 Å². The van der Waals surface area contributed by atoms with Gasteiger partial charge in [-0.2, -0.15) is 0 Å². The standard InChI is InChI=1S/C12H25O3PSSi/c1-7-10-17-11-12(18(4,5)6)16(13,14-8-2)15-9-3/h7,11H,1,8-10H2,2-6H3/b12-11+. The van der Waals surface area contributed by atoms with Gasteiger partial charge in [0, 0.05) is 10.7 Å². The van der Waals surface area contributed by atoms with Crippen LogP contribution in [-0.2, 0) is 13.6 Å². The normalized spacial score (nSPS) is 13.7. The van der Waals surface area contributed by atoms with E-state index in [2.05, 4.69) is 26.2 Å². The minimum Gasteiger partial charge on any atom is -0.306 e. The zero-order chi connectivity index (χ0) is 14.2. The zero-order valence-corrected chi connectivity index (χ0v) is 14.8. The summed E-state index contributed by atoms with van der Waals surface area (Å²) in [6, 6.07) is 0.